The van der Waals surface area contributed by atoms with Gasteiger partial charge in [0.15, 0.2) is 5.16 Å². The Morgan fingerprint density at radius 3 is 2.62 bits per heavy atom. The molecule has 1 heterocycles. The monoisotopic (exact) mass is 413 g/mol. The van der Waals surface area contributed by atoms with E-state index in [-0.39, 0.29) is 29.6 Å². The van der Waals surface area contributed by atoms with Gasteiger partial charge in [0.05, 0.1) is 23.8 Å². The average molecular weight is 413 g/mol. The number of esters is 1. The van der Waals surface area contributed by atoms with E-state index >= 15 is 0 Å². The fourth-order valence-electron chi connectivity index (χ4n) is 3.02. The van der Waals surface area contributed by atoms with Crippen molar-refractivity contribution in [1.82, 2.24) is 14.9 Å². The van der Waals surface area contributed by atoms with E-state index in [2.05, 4.69) is 15.0 Å². The van der Waals surface area contributed by atoms with Crippen molar-refractivity contribution in [3.63, 3.8) is 0 Å². The molecule has 0 radical (unpaired) electrons. The van der Waals surface area contributed by atoms with Gasteiger partial charge < -0.3 is 10.1 Å². The molecule has 1 aromatic heterocycles. The van der Waals surface area contributed by atoms with E-state index < -0.39 is 0 Å². The topological polar surface area (TPSA) is 90.3 Å². The van der Waals surface area contributed by atoms with Crippen molar-refractivity contribution in [3.8, 4) is 0 Å². The first-order valence-corrected chi connectivity index (χ1v) is 10.4. The van der Waals surface area contributed by atoms with E-state index in [1.807, 2.05) is 43.3 Å². The predicted molar refractivity (Wildman–Crippen MR) is 114 cm³/mol. The number of rotatable bonds is 8. The first-order chi connectivity index (χ1) is 14.0. The zero-order valence-corrected chi connectivity index (χ0v) is 17.3. The first kappa shape index (κ1) is 20.9. The first-order valence-electron chi connectivity index (χ1n) is 9.43. The minimum absolute atomic E-state index is 0.107. The largest absolute Gasteiger partial charge is 0.469 e. The number of hydrogen-bond donors (Lipinski definition) is 1. The summed E-state index contributed by atoms with van der Waals surface area (Å²) < 4.78 is 6.15. The summed E-state index contributed by atoms with van der Waals surface area (Å²) in [6.07, 6.45) is 0.781. The van der Waals surface area contributed by atoms with E-state index in [0.29, 0.717) is 35.6 Å². The quantitative estimate of drug-likeness (QED) is 0.201. The van der Waals surface area contributed by atoms with Crippen LogP contribution in [0.1, 0.15) is 19.8 Å². The summed E-state index contributed by atoms with van der Waals surface area (Å²) in [5, 5.41) is 5.86. The number of thioether (sulfide) groups is 1. The van der Waals surface area contributed by atoms with E-state index in [0.717, 1.165) is 10.8 Å². The average Bonchev–Trinajstić information content (AvgIpc) is 2.74. The highest BCUT2D eigenvalue weighted by molar-refractivity contribution is 7.99. The van der Waals surface area contributed by atoms with Gasteiger partial charge in [-0.05, 0) is 36.2 Å². The van der Waals surface area contributed by atoms with E-state index in [1.54, 1.807) is 4.57 Å². The Hall–Kier alpha value is -2.87. The van der Waals surface area contributed by atoms with Crippen LogP contribution in [0.25, 0.3) is 21.7 Å². The van der Waals surface area contributed by atoms with Gasteiger partial charge in [-0.15, -0.1) is 0 Å². The lowest BCUT2D eigenvalue weighted by Crippen LogP contribution is -2.28. The van der Waals surface area contributed by atoms with Crippen LogP contribution in [-0.4, -0.2) is 40.8 Å². The van der Waals surface area contributed by atoms with Gasteiger partial charge in [0.25, 0.3) is 5.56 Å². The molecule has 3 rings (SSSR count). The fourth-order valence-corrected chi connectivity index (χ4v) is 3.91. The van der Waals surface area contributed by atoms with Crippen LogP contribution in [0.5, 0.6) is 0 Å². The number of carbonyl (C=O) groups excluding carboxylic acids is 2. The summed E-state index contributed by atoms with van der Waals surface area (Å²) in [7, 11) is 1.34. The number of ether oxygens (including phenoxy) is 1. The Bertz CT molecular complexity index is 1110. The third-order valence-electron chi connectivity index (χ3n) is 4.54. The molecule has 0 aliphatic rings. The summed E-state index contributed by atoms with van der Waals surface area (Å²) in [6, 6.07) is 11.6. The molecule has 8 heteroatoms. The molecule has 1 N–H and O–H groups in total. The molecule has 0 aliphatic heterocycles. The Morgan fingerprint density at radius 1 is 1.21 bits per heavy atom. The van der Waals surface area contributed by atoms with E-state index in [1.165, 1.54) is 18.9 Å². The van der Waals surface area contributed by atoms with Gasteiger partial charge in [-0.2, -0.15) is 0 Å². The molecule has 0 saturated heterocycles. The number of methoxy groups -OCH3 is 1. The predicted octanol–water partition coefficient (Wildman–Crippen LogP) is 2.73. The highest BCUT2D eigenvalue weighted by Gasteiger charge is 2.13. The minimum Gasteiger partial charge on any atom is -0.469 e. The lowest BCUT2D eigenvalue weighted by Gasteiger charge is -2.12. The lowest BCUT2D eigenvalue weighted by molar-refractivity contribution is -0.140. The molecule has 0 unspecified atom stereocenters. The molecule has 3 aromatic rings. The number of fused-ring (bicyclic) bond motifs is 2. The van der Waals surface area contributed by atoms with Gasteiger partial charge in [0, 0.05) is 19.5 Å². The molecule has 0 atom stereocenters. The molecule has 1 amide bonds. The Labute approximate surface area is 172 Å². The normalized spacial score (nSPS) is 11.0. The third-order valence-corrected chi connectivity index (χ3v) is 5.52. The molecular weight excluding hydrogens is 390 g/mol. The van der Waals surface area contributed by atoms with Crippen LogP contribution >= 0.6 is 11.8 Å². The minimum atomic E-state index is -0.298. The summed E-state index contributed by atoms with van der Waals surface area (Å²) in [6.45, 7) is 2.75. The Balaban J connectivity index is 1.74. The van der Waals surface area contributed by atoms with Crippen LogP contribution < -0.4 is 10.9 Å². The van der Waals surface area contributed by atoms with Crippen LogP contribution in [0, 0.1) is 0 Å². The molecule has 0 saturated carbocycles. The second kappa shape index (κ2) is 9.56. The molecule has 2 aromatic carbocycles. The smallest absolute Gasteiger partial charge is 0.305 e. The molecule has 0 spiro atoms. The van der Waals surface area contributed by atoms with Crippen LogP contribution in [0.3, 0.4) is 0 Å². The Morgan fingerprint density at radius 2 is 1.93 bits per heavy atom. The Kier molecular flexibility index (Phi) is 6.87. The van der Waals surface area contributed by atoms with Crippen molar-refractivity contribution in [2.24, 2.45) is 0 Å². The summed E-state index contributed by atoms with van der Waals surface area (Å²) in [5.41, 5.74) is 0.517. The van der Waals surface area contributed by atoms with Crippen LogP contribution in [0.2, 0.25) is 0 Å². The number of aromatic nitrogens is 2. The van der Waals surface area contributed by atoms with Gasteiger partial charge in [0.2, 0.25) is 5.91 Å². The maximum absolute atomic E-state index is 12.9. The van der Waals surface area contributed by atoms with Crippen molar-refractivity contribution >= 4 is 45.3 Å². The molecule has 0 aliphatic carbocycles. The maximum atomic E-state index is 12.9. The van der Waals surface area contributed by atoms with Gasteiger partial charge in [-0.25, -0.2) is 4.98 Å². The SMILES string of the molecule is CCn1c(SCC(=O)NCCCC(=O)OC)nc2cc3ccccc3cc2c1=O. The summed E-state index contributed by atoms with van der Waals surface area (Å²) >= 11 is 1.23. The third kappa shape index (κ3) is 4.95. The van der Waals surface area contributed by atoms with Gasteiger partial charge in [-0.1, -0.05) is 36.0 Å². The van der Waals surface area contributed by atoms with Crippen LogP contribution in [0.15, 0.2) is 46.3 Å². The molecule has 7 nitrogen and oxygen atoms in total. The number of hydrogen-bond acceptors (Lipinski definition) is 6. The maximum Gasteiger partial charge on any atom is 0.305 e. The zero-order chi connectivity index (χ0) is 20.8. The van der Waals surface area contributed by atoms with Crippen molar-refractivity contribution in [2.45, 2.75) is 31.5 Å². The van der Waals surface area contributed by atoms with E-state index in [4.69, 9.17) is 0 Å². The summed E-state index contributed by atoms with van der Waals surface area (Å²) in [5.74, 6) is -0.326. The number of nitrogens with one attached hydrogen (secondary N) is 1. The molecule has 152 valence electrons. The van der Waals surface area contributed by atoms with Crippen molar-refractivity contribution in [3.05, 3.63) is 46.8 Å². The zero-order valence-electron chi connectivity index (χ0n) is 16.4. The van der Waals surface area contributed by atoms with Gasteiger partial charge in [-0.3, -0.25) is 19.0 Å². The van der Waals surface area contributed by atoms with E-state index in [9.17, 15) is 14.4 Å². The molecule has 0 fully saturated rings. The second-order valence-corrected chi connectivity index (χ2v) is 7.42. The highest BCUT2D eigenvalue weighted by atomic mass is 32.2. The number of benzene rings is 2. The second-order valence-electron chi connectivity index (χ2n) is 6.48. The summed E-state index contributed by atoms with van der Waals surface area (Å²) in [4.78, 5) is 40.8. The standard InChI is InChI=1S/C21H23N3O4S/c1-3-24-20(27)16-11-14-7-4-5-8-15(14)12-17(16)23-21(24)29-13-18(25)22-10-6-9-19(26)28-2/h4-5,7-8,11-12H,3,6,9-10,13H2,1-2H3,(H,22,25). The lowest BCUT2D eigenvalue weighted by atomic mass is 10.1. The molecule has 29 heavy (non-hydrogen) atoms. The van der Waals surface area contributed by atoms with Crippen LogP contribution in [0.4, 0.5) is 0 Å². The molecule has 0 bridgehead atoms. The number of carbonyl (C=O) groups is 2. The van der Waals surface area contributed by atoms with Crippen molar-refractivity contribution in [2.75, 3.05) is 19.4 Å². The van der Waals surface area contributed by atoms with Crippen LogP contribution in [-0.2, 0) is 20.9 Å². The van der Waals surface area contributed by atoms with Crippen molar-refractivity contribution in [1.29, 1.82) is 0 Å². The fraction of sp³-hybridized carbons (Fsp3) is 0.333. The number of amides is 1. The van der Waals surface area contributed by atoms with Gasteiger partial charge in [0.1, 0.15) is 0 Å². The highest BCUT2D eigenvalue weighted by Crippen LogP contribution is 2.22. The van der Waals surface area contributed by atoms with Crippen molar-refractivity contribution < 1.29 is 14.3 Å². The number of nitrogens with zero attached hydrogens (tertiary/aromatic N) is 2. The van der Waals surface area contributed by atoms with Gasteiger partial charge >= 0.3 is 5.97 Å². The molecular formula is C21H23N3O4S.